The summed E-state index contributed by atoms with van der Waals surface area (Å²) in [5.41, 5.74) is 3.28. The van der Waals surface area contributed by atoms with Gasteiger partial charge in [0.25, 0.3) is 0 Å². The molecule has 9 heteroatoms. The fraction of sp³-hybridized carbons (Fsp3) is 0.423. The molecule has 2 aromatic carbocycles. The molecule has 0 saturated heterocycles. The maximum Gasteiger partial charge on any atom is 0.230 e. The van der Waals surface area contributed by atoms with E-state index in [0.717, 1.165) is 41.7 Å². The fourth-order valence-corrected chi connectivity index (χ4v) is 4.70. The van der Waals surface area contributed by atoms with Crippen molar-refractivity contribution in [3.8, 4) is 22.9 Å². The molecule has 0 aliphatic carbocycles. The van der Waals surface area contributed by atoms with Gasteiger partial charge >= 0.3 is 0 Å². The van der Waals surface area contributed by atoms with Crippen LogP contribution in [0.1, 0.15) is 26.3 Å². The molecule has 0 unspecified atom stereocenters. The van der Waals surface area contributed by atoms with Crippen molar-refractivity contribution >= 4 is 23.4 Å². The first-order valence-electron chi connectivity index (χ1n) is 11.9. The molecule has 1 amide bonds. The zero-order chi connectivity index (χ0) is 25.2. The van der Waals surface area contributed by atoms with E-state index in [4.69, 9.17) is 9.47 Å². The van der Waals surface area contributed by atoms with Crippen LogP contribution in [-0.2, 0) is 17.8 Å². The summed E-state index contributed by atoms with van der Waals surface area (Å²) in [6.45, 7) is 9.57. The molecule has 0 saturated carbocycles. The Balaban J connectivity index is 1.55. The molecule has 1 N–H and O–H groups in total. The standard InChI is InChI=1S/C26H35N5O3S/c1-6-30(7-2)21-12-10-20(11-13-21)25-28-29-26(31(25)8-3)35-18-24(32)27-16-15-19-9-14-22(33-4)23(17-19)34-5/h9-14,17H,6-8,15-16,18H2,1-5H3,(H,27,32). The first-order chi connectivity index (χ1) is 17.0. The molecule has 0 aliphatic rings. The van der Waals surface area contributed by atoms with Crippen LogP contribution >= 0.6 is 11.8 Å². The van der Waals surface area contributed by atoms with Crippen molar-refractivity contribution in [2.45, 2.75) is 38.9 Å². The predicted octanol–water partition coefficient (Wildman–Crippen LogP) is 4.28. The number of carbonyl (C=O) groups excluding carboxylic acids is 1. The van der Waals surface area contributed by atoms with Gasteiger partial charge in [-0.25, -0.2) is 0 Å². The molecule has 3 aromatic rings. The van der Waals surface area contributed by atoms with Gasteiger partial charge in [0.2, 0.25) is 5.91 Å². The molecule has 35 heavy (non-hydrogen) atoms. The minimum Gasteiger partial charge on any atom is -0.493 e. The van der Waals surface area contributed by atoms with Gasteiger partial charge in [-0.1, -0.05) is 17.8 Å². The lowest BCUT2D eigenvalue weighted by Gasteiger charge is -2.21. The molecule has 0 aliphatic heterocycles. The third-order valence-corrected chi connectivity index (χ3v) is 6.77. The lowest BCUT2D eigenvalue weighted by atomic mass is 10.1. The zero-order valence-electron chi connectivity index (χ0n) is 21.2. The number of aromatic nitrogens is 3. The Morgan fingerprint density at radius 1 is 1.00 bits per heavy atom. The van der Waals surface area contributed by atoms with Crippen molar-refractivity contribution in [2.24, 2.45) is 0 Å². The molecule has 1 aromatic heterocycles. The van der Waals surface area contributed by atoms with Gasteiger partial charge in [-0.2, -0.15) is 0 Å². The molecule has 3 rings (SSSR count). The normalized spacial score (nSPS) is 10.8. The van der Waals surface area contributed by atoms with Crippen molar-refractivity contribution < 1.29 is 14.3 Å². The highest BCUT2D eigenvalue weighted by molar-refractivity contribution is 7.99. The van der Waals surface area contributed by atoms with Crippen molar-refractivity contribution in [2.75, 3.05) is 44.5 Å². The largest absolute Gasteiger partial charge is 0.493 e. The monoisotopic (exact) mass is 497 g/mol. The summed E-state index contributed by atoms with van der Waals surface area (Å²) in [7, 11) is 3.23. The number of amides is 1. The van der Waals surface area contributed by atoms with Gasteiger partial charge in [-0.15, -0.1) is 10.2 Å². The second-order valence-electron chi connectivity index (χ2n) is 7.85. The summed E-state index contributed by atoms with van der Waals surface area (Å²) in [4.78, 5) is 14.7. The zero-order valence-corrected chi connectivity index (χ0v) is 22.0. The first-order valence-corrected chi connectivity index (χ1v) is 12.9. The minimum absolute atomic E-state index is 0.0359. The number of methoxy groups -OCH3 is 2. The Morgan fingerprint density at radius 2 is 1.71 bits per heavy atom. The maximum atomic E-state index is 12.4. The Kier molecular flexibility index (Phi) is 9.84. The average Bonchev–Trinajstić information content (AvgIpc) is 3.31. The average molecular weight is 498 g/mol. The molecule has 188 valence electrons. The van der Waals surface area contributed by atoms with E-state index >= 15 is 0 Å². The van der Waals surface area contributed by atoms with E-state index in [1.54, 1.807) is 14.2 Å². The van der Waals surface area contributed by atoms with Crippen LogP contribution in [0.15, 0.2) is 47.6 Å². The summed E-state index contributed by atoms with van der Waals surface area (Å²) >= 11 is 1.40. The number of hydrogen-bond donors (Lipinski definition) is 1. The molecule has 8 nitrogen and oxygen atoms in total. The number of anilines is 1. The van der Waals surface area contributed by atoms with Gasteiger partial charge in [0.1, 0.15) is 0 Å². The highest BCUT2D eigenvalue weighted by Gasteiger charge is 2.15. The highest BCUT2D eigenvalue weighted by atomic mass is 32.2. The second-order valence-corrected chi connectivity index (χ2v) is 8.79. The van der Waals surface area contributed by atoms with Gasteiger partial charge in [0.15, 0.2) is 22.5 Å². The highest BCUT2D eigenvalue weighted by Crippen LogP contribution is 2.28. The quantitative estimate of drug-likeness (QED) is 0.353. The second kappa shape index (κ2) is 13.0. The number of rotatable bonds is 13. The van der Waals surface area contributed by atoms with Crippen LogP contribution in [0.3, 0.4) is 0 Å². The summed E-state index contributed by atoms with van der Waals surface area (Å²) in [6, 6.07) is 14.2. The van der Waals surface area contributed by atoms with Crippen molar-refractivity contribution in [1.29, 1.82) is 0 Å². The number of benzene rings is 2. The van der Waals surface area contributed by atoms with Gasteiger partial charge in [0, 0.05) is 37.4 Å². The molecule has 0 fully saturated rings. The molecule has 0 spiro atoms. The summed E-state index contributed by atoms with van der Waals surface area (Å²) in [5.74, 6) is 2.44. The Bertz CT molecular complexity index is 1100. The molecule has 0 atom stereocenters. The van der Waals surface area contributed by atoms with E-state index in [0.29, 0.717) is 24.5 Å². The molecule has 0 radical (unpaired) electrons. The predicted molar refractivity (Wildman–Crippen MR) is 142 cm³/mol. The van der Waals surface area contributed by atoms with E-state index in [1.807, 2.05) is 22.8 Å². The minimum atomic E-state index is -0.0359. The van der Waals surface area contributed by atoms with Crippen LogP contribution in [-0.4, -0.2) is 60.3 Å². The lowest BCUT2D eigenvalue weighted by Crippen LogP contribution is -2.27. The molecule has 0 bridgehead atoms. The number of ether oxygens (including phenoxy) is 2. The Morgan fingerprint density at radius 3 is 2.34 bits per heavy atom. The van der Waals surface area contributed by atoms with E-state index < -0.39 is 0 Å². The number of thioether (sulfide) groups is 1. The summed E-state index contributed by atoms with van der Waals surface area (Å²) in [5, 5.41) is 12.5. The summed E-state index contributed by atoms with van der Waals surface area (Å²) in [6.07, 6.45) is 0.704. The van der Waals surface area contributed by atoms with Crippen LogP contribution in [0.4, 0.5) is 5.69 Å². The molecular weight excluding hydrogens is 462 g/mol. The van der Waals surface area contributed by atoms with E-state index in [9.17, 15) is 4.79 Å². The number of nitrogens with zero attached hydrogens (tertiary/aromatic N) is 4. The number of hydrogen-bond acceptors (Lipinski definition) is 7. The van der Waals surface area contributed by atoms with Crippen LogP contribution in [0.2, 0.25) is 0 Å². The Hall–Kier alpha value is -3.20. The Labute approximate surface area is 212 Å². The topological polar surface area (TPSA) is 81.5 Å². The van der Waals surface area contributed by atoms with E-state index in [2.05, 4.69) is 65.5 Å². The lowest BCUT2D eigenvalue weighted by molar-refractivity contribution is -0.118. The molecular formula is C26H35N5O3S. The maximum absolute atomic E-state index is 12.4. The SMILES string of the molecule is CCN(CC)c1ccc(-c2nnc(SCC(=O)NCCc3ccc(OC)c(OC)c3)n2CC)cc1. The van der Waals surface area contributed by atoms with E-state index in [-0.39, 0.29) is 11.7 Å². The third-order valence-electron chi connectivity index (χ3n) is 5.80. The van der Waals surface area contributed by atoms with Gasteiger partial charge in [-0.3, -0.25) is 4.79 Å². The third kappa shape index (κ3) is 6.69. The fourth-order valence-electron chi connectivity index (χ4n) is 3.87. The number of nitrogens with one attached hydrogen (secondary N) is 1. The van der Waals surface area contributed by atoms with Gasteiger partial charge in [0.05, 0.1) is 20.0 Å². The van der Waals surface area contributed by atoms with E-state index in [1.165, 1.54) is 17.4 Å². The molecule has 1 heterocycles. The summed E-state index contributed by atoms with van der Waals surface area (Å²) < 4.78 is 12.7. The van der Waals surface area contributed by atoms with Crippen LogP contribution < -0.4 is 19.7 Å². The van der Waals surface area contributed by atoms with Crippen molar-refractivity contribution in [1.82, 2.24) is 20.1 Å². The van der Waals surface area contributed by atoms with Crippen LogP contribution in [0.25, 0.3) is 11.4 Å². The first kappa shape index (κ1) is 26.4. The smallest absolute Gasteiger partial charge is 0.230 e. The van der Waals surface area contributed by atoms with Crippen molar-refractivity contribution in [3.63, 3.8) is 0 Å². The number of carbonyl (C=O) groups is 1. The van der Waals surface area contributed by atoms with Crippen LogP contribution in [0, 0.1) is 0 Å². The van der Waals surface area contributed by atoms with Gasteiger partial charge < -0.3 is 24.3 Å². The van der Waals surface area contributed by atoms with Crippen molar-refractivity contribution in [3.05, 3.63) is 48.0 Å². The van der Waals surface area contributed by atoms with Crippen LogP contribution in [0.5, 0.6) is 11.5 Å². The van der Waals surface area contributed by atoms with Gasteiger partial charge in [-0.05, 0) is 69.2 Å².